The van der Waals surface area contributed by atoms with E-state index in [9.17, 15) is 19.8 Å². The molecule has 2 N–H and O–H groups in total. The number of carbonyl (C=O) groups is 2. The molecule has 0 saturated heterocycles. The van der Waals surface area contributed by atoms with Gasteiger partial charge in [-0.1, -0.05) is 6.07 Å². The second-order valence-electron chi connectivity index (χ2n) is 7.26. The highest BCUT2D eigenvalue weighted by Gasteiger charge is 2.20. The van der Waals surface area contributed by atoms with Gasteiger partial charge in [0.15, 0.2) is 18.1 Å². The van der Waals surface area contributed by atoms with Gasteiger partial charge in [-0.15, -0.1) is 0 Å². The van der Waals surface area contributed by atoms with Crippen LogP contribution in [-0.4, -0.2) is 39.9 Å². The van der Waals surface area contributed by atoms with Crippen molar-refractivity contribution in [1.29, 1.82) is 0 Å². The standard InChI is InChI=1S/C23H21NO7/c1-13-7-18(20(27)11-29-23(28)17-5-4-16(25)9-19(17)26)14(2)24(13)10-15-3-6-21-22(8-15)31-12-30-21/h3-9,25-26H,10-12H2,1-2H3. The topological polar surface area (TPSA) is 107 Å². The van der Waals surface area contributed by atoms with Crippen molar-refractivity contribution in [3.8, 4) is 23.0 Å². The molecular weight excluding hydrogens is 402 g/mol. The van der Waals surface area contributed by atoms with Crippen molar-refractivity contribution in [3.63, 3.8) is 0 Å². The number of carbonyl (C=O) groups excluding carboxylic acids is 2. The Balaban J connectivity index is 1.46. The van der Waals surface area contributed by atoms with Crippen LogP contribution in [0.4, 0.5) is 0 Å². The number of phenolic OH excluding ortho intramolecular Hbond substituents is 2. The fraction of sp³-hybridized carbons (Fsp3) is 0.217. The van der Waals surface area contributed by atoms with Crippen LogP contribution in [0.2, 0.25) is 0 Å². The first-order valence-electron chi connectivity index (χ1n) is 9.61. The highest BCUT2D eigenvalue weighted by molar-refractivity contribution is 6.01. The summed E-state index contributed by atoms with van der Waals surface area (Å²) in [6.45, 7) is 4.02. The van der Waals surface area contributed by atoms with Crippen molar-refractivity contribution in [2.24, 2.45) is 0 Å². The SMILES string of the molecule is Cc1cc(C(=O)COC(=O)c2ccc(O)cc2O)c(C)n1Cc1ccc2c(c1)OCO2. The predicted molar refractivity (Wildman–Crippen MR) is 110 cm³/mol. The first-order valence-corrected chi connectivity index (χ1v) is 9.61. The van der Waals surface area contributed by atoms with E-state index in [-0.39, 0.29) is 23.9 Å². The lowest BCUT2D eigenvalue weighted by molar-refractivity contribution is 0.0471. The first kappa shape index (κ1) is 20.3. The minimum atomic E-state index is -0.847. The van der Waals surface area contributed by atoms with Crippen molar-refractivity contribution in [2.75, 3.05) is 13.4 Å². The van der Waals surface area contributed by atoms with Gasteiger partial charge in [0.1, 0.15) is 17.1 Å². The predicted octanol–water partition coefficient (Wildman–Crippen LogP) is 3.33. The third-order valence-corrected chi connectivity index (χ3v) is 5.19. The van der Waals surface area contributed by atoms with Gasteiger partial charge in [0.25, 0.3) is 0 Å². The third kappa shape index (κ3) is 4.05. The van der Waals surface area contributed by atoms with Crippen LogP contribution in [0, 0.1) is 13.8 Å². The normalized spacial score (nSPS) is 12.1. The highest BCUT2D eigenvalue weighted by Crippen LogP contribution is 2.33. The smallest absolute Gasteiger partial charge is 0.342 e. The summed E-state index contributed by atoms with van der Waals surface area (Å²) in [6.07, 6.45) is 0. The van der Waals surface area contributed by atoms with Crippen LogP contribution in [0.1, 0.15) is 37.7 Å². The highest BCUT2D eigenvalue weighted by atomic mass is 16.7. The van der Waals surface area contributed by atoms with E-state index in [1.165, 1.54) is 12.1 Å². The number of aromatic nitrogens is 1. The molecule has 0 radical (unpaired) electrons. The lowest BCUT2D eigenvalue weighted by Gasteiger charge is -2.11. The summed E-state index contributed by atoms with van der Waals surface area (Å²) in [5.74, 6) is -0.390. The quantitative estimate of drug-likeness (QED) is 0.463. The van der Waals surface area contributed by atoms with E-state index in [1.54, 1.807) is 6.07 Å². The number of esters is 1. The number of nitrogens with zero attached hydrogens (tertiary/aromatic N) is 1. The number of aromatic hydroxyl groups is 2. The van der Waals surface area contributed by atoms with E-state index in [0.29, 0.717) is 23.6 Å². The zero-order chi connectivity index (χ0) is 22.1. The molecule has 0 spiro atoms. The molecule has 8 heteroatoms. The van der Waals surface area contributed by atoms with Crippen LogP contribution in [-0.2, 0) is 11.3 Å². The van der Waals surface area contributed by atoms with Gasteiger partial charge in [-0.05, 0) is 49.7 Å². The number of aryl methyl sites for hydroxylation is 1. The second kappa shape index (κ2) is 8.06. The van der Waals surface area contributed by atoms with Crippen LogP contribution >= 0.6 is 0 Å². The number of ether oxygens (including phenoxy) is 3. The monoisotopic (exact) mass is 423 g/mol. The van der Waals surface area contributed by atoms with Gasteiger partial charge >= 0.3 is 5.97 Å². The molecule has 1 aliphatic heterocycles. The molecular formula is C23H21NO7. The Hall–Kier alpha value is -3.94. The summed E-state index contributed by atoms with van der Waals surface area (Å²) >= 11 is 0. The summed E-state index contributed by atoms with van der Waals surface area (Å²) in [7, 11) is 0. The summed E-state index contributed by atoms with van der Waals surface area (Å²) in [5, 5.41) is 19.1. The lowest BCUT2D eigenvalue weighted by atomic mass is 10.1. The fourth-order valence-corrected chi connectivity index (χ4v) is 3.53. The molecule has 0 aliphatic carbocycles. The molecule has 1 aromatic heterocycles. The van der Waals surface area contributed by atoms with Crippen LogP contribution in [0.15, 0.2) is 42.5 Å². The lowest BCUT2D eigenvalue weighted by Crippen LogP contribution is -2.15. The van der Waals surface area contributed by atoms with Crippen molar-refractivity contribution in [2.45, 2.75) is 20.4 Å². The van der Waals surface area contributed by atoms with Gasteiger partial charge < -0.3 is 29.0 Å². The Morgan fingerprint density at radius 3 is 2.55 bits per heavy atom. The van der Waals surface area contributed by atoms with E-state index < -0.39 is 18.3 Å². The van der Waals surface area contributed by atoms with Gasteiger partial charge in [-0.25, -0.2) is 4.79 Å². The Morgan fingerprint density at radius 1 is 1.00 bits per heavy atom. The zero-order valence-corrected chi connectivity index (χ0v) is 17.0. The summed E-state index contributed by atoms with van der Waals surface area (Å²) < 4.78 is 17.8. The molecule has 8 nitrogen and oxygen atoms in total. The van der Waals surface area contributed by atoms with E-state index >= 15 is 0 Å². The maximum atomic E-state index is 12.7. The van der Waals surface area contributed by atoms with Crippen molar-refractivity contribution < 1.29 is 34.0 Å². The van der Waals surface area contributed by atoms with Crippen LogP contribution in [0.5, 0.6) is 23.0 Å². The van der Waals surface area contributed by atoms with E-state index in [2.05, 4.69) is 0 Å². The number of benzene rings is 2. The molecule has 4 rings (SSSR count). The average Bonchev–Trinajstić information content (AvgIpc) is 3.31. The number of Topliss-reactive ketones (excluding diaryl/α,β-unsaturated/α-hetero) is 1. The fourth-order valence-electron chi connectivity index (χ4n) is 3.53. The van der Waals surface area contributed by atoms with Gasteiger partial charge in [0.05, 0.1) is 0 Å². The van der Waals surface area contributed by atoms with E-state index in [0.717, 1.165) is 23.0 Å². The minimum Gasteiger partial charge on any atom is -0.508 e. The number of hydrogen-bond acceptors (Lipinski definition) is 7. The molecule has 0 atom stereocenters. The molecule has 0 bridgehead atoms. The minimum absolute atomic E-state index is 0.126. The summed E-state index contributed by atoms with van der Waals surface area (Å²) in [4.78, 5) is 24.8. The molecule has 31 heavy (non-hydrogen) atoms. The third-order valence-electron chi connectivity index (χ3n) is 5.19. The van der Waals surface area contributed by atoms with Gasteiger partial charge in [-0.2, -0.15) is 0 Å². The number of phenols is 2. The van der Waals surface area contributed by atoms with Crippen LogP contribution in [0.3, 0.4) is 0 Å². The largest absolute Gasteiger partial charge is 0.508 e. The van der Waals surface area contributed by atoms with Crippen molar-refractivity contribution in [1.82, 2.24) is 4.57 Å². The summed E-state index contributed by atoms with van der Waals surface area (Å²) in [6, 6.07) is 11.0. The molecule has 0 amide bonds. The van der Waals surface area contributed by atoms with Crippen molar-refractivity contribution in [3.05, 3.63) is 70.5 Å². The molecule has 0 saturated carbocycles. The van der Waals surface area contributed by atoms with E-state index in [4.69, 9.17) is 14.2 Å². The average molecular weight is 423 g/mol. The number of fused-ring (bicyclic) bond motifs is 1. The molecule has 3 aromatic rings. The second-order valence-corrected chi connectivity index (χ2v) is 7.26. The molecule has 160 valence electrons. The number of ketones is 1. The Morgan fingerprint density at radius 2 is 1.77 bits per heavy atom. The van der Waals surface area contributed by atoms with E-state index in [1.807, 2.05) is 36.6 Å². The molecule has 2 heterocycles. The summed E-state index contributed by atoms with van der Waals surface area (Å²) in [5.41, 5.74) is 2.98. The Bertz CT molecular complexity index is 1180. The molecule has 1 aliphatic rings. The van der Waals surface area contributed by atoms with Crippen LogP contribution < -0.4 is 9.47 Å². The molecule has 0 unspecified atom stereocenters. The zero-order valence-electron chi connectivity index (χ0n) is 17.0. The number of hydrogen-bond donors (Lipinski definition) is 2. The van der Waals surface area contributed by atoms with Gasteiger partial charge in [-0.3, -0.25) is 4.79 Å². The maximum Gasteiger partial charge on any atom is 0.342 e. The Labute approximate surface area is 178 Å². The molecule has 0 fully saturated rings. The van der Waals surface area contributed by atoms with Crippen molar-refractivity contribution >= 4 is 11.8 Å². The number of rotatable bonds is 6. The Kier molecular flexibility index (Phi) is 5.29. The maximum absolute atomic E-state index is 12.7. The van der Waals surface area contributed by atoms with Crippen LogP contribution in [0.25, 0.3) is 0 Å². The molecule has 2 aromatic carbocycles. The van der Waals surface area contributed by atoms with Gasteiger partial charge in [0.2, 0.25) is 12.6 Å². The first-order chi connectivity index (χ1) is 14.8. The van der Waals surface area contributed by atoms with Gasteiger partial charge in [0, 0.05) is 29.6 Å².